The number of nitrogens with one attached hydrogen (secondary N) is 1. The van der Waals surface area contributed by atoms with Crippen molar-refractivity contribution in [1.29, 1.82) is 0 Å². The molecule has 0 saturated heterocycles. The first kappa shape index (κ1) is 13.3. The monoisotopic (exact) mass is 297 g/mol. The number of hydrazone groups is 1. The minimum absolute atomic E-state index is 0.0582. The number of nitrogens with two attached hydrogens (primary N) is 1. The molecule has 2 aromatic rings. The molecule has 0 radical (unpaired) electrons. The molecule has 5 nitrogen and oxygen atoms in total. The summed E-state index contributed by atoms with van der Waals surface area (Å²) in [6.07, 6.45) is 0. The number of hydrogen-bond donors (Lipinski definition) is 3. The summed E-state index contributed by atoms with van der Waals surface area (Å²) in [7, 11) is 0. The quantitative estimate of drug-likeness (QED) is 0.497. The Hall–Kier alpha value is -2.73. The molecule has 1 aliphatic carbocycles. The van der Waals surface area contributed by atoms with Crippen molar-refractivity contribution in [2.45, 2.75) is 0 Å². The van der Waals surface area contributed by atoms with E-state index in [1.54, 1.807) is 12.1 Å². The molecule has 4 N–H and O–H groups in total. The molecule has 21 heavy (non-hydrogen) atoms. The largest absolute Gasteiger partial charge is 0.478 e. The van der Waals surface area contributed by atoms with Crippen LogP contribution in [0.1, 0.15) is 21.5 Å². The molecule has 1 aliphatic rings. The summed E-state index contributed by atoms with van der Waals surface area (Å²) >= 11 is 4.76. The van der Waals surface area contributed by atoms with Crippen molar-refractivity contribution in [2.75, 3.05) is 0 Å². The van der Waals surface area contributed by atoms with Gasteiger partial charge in [0.25, 0.3) is 0 Å². The van der Waals surface area contributed by atoms with E-state index in [0.29, 0.717) is 11.3 Å². The van der Waals surface area contributed by atoms with Crippen LogP contribution in [-0.4, -0.2) is 21.9 Å². The third kappa shape index (κ3) is 2.15. The minimum Gasteiger partial charge on any atom is -0.478 e. The minimum atomic E-state index is -0.967. The summed E-state index contributed by atoms with van der Waals surface area (Å²) in [6.45, 7) is 0. The summed E-state index contributed by atoms with van der Waals surface area (Å²) < 4.78 is 0. The van der Waals surface area contributed by atoms with E-state index < -0.39 is 5.97 Å². The summed E-state index contributed by atoms with van der Waals surface area (Å²) in [5, 5.41) is 13.7. The van der Waals surface area contributed by atoms with E-state index in [4.69, 9.17) is 18.0 Å². The first-order valence-electron chi connectivity index (χ1n) is 6.19. The second kappa shape index (κ2) is 4.99. The second-order valence-corrected chi connectivity index (χ2v) is 4.96. The molecule has 0 aliphatic heterocycles. The van der Waals surface area contributed by atoms with Crippen LogP contribution in [0.2, 0.25) is 0 Å². The summed E-state index contributed by atoms with van der Waals surface area (Å²) in [4.78, 5) is 11.4. The van der Waals surface area contributed by atoms with Gasteiger partial charge in [0.2, 0.25) is 0 Å². The fourth-order valence-corrected chi connectivity index (χ4v) is 2.55. The molecule has 0 saturated carbocycles. The molecular formula is C15H11N3O2S. The van der Waals surface area contributed by atoms with Crippen molar-refractivity contribution < 1.29 is 9.90 Å². The van der Waals surface area contributed by atoms with Crippen LogP contribution in [0.3, 0.4) is 0 Å². The van der Waals surface area contributed by atoms with Crippen LogP contribution >= 0.6 is 12.2 Å². The zero-order chi connectivity index (χ0) is 15.0. The molecule has 0 atom stereocenters. The van der Waals surface area contributed by atoms with E-state index in [1.807, 2.05) is 30.3 Å². The van der Waals surface area contributed by atoms with Gasteiger partial charge in [-0.05, 0) is 23.8 Å². The van der Waals surface area contributed by atoms with Crippen molar-refractivity contribution in [3.05, 3.63) is 59.2 Å². The van der Waals surface area contributed by atoms with E-state index in [-0.39, 0.29) is 10.7 Å². The Balaban J connectivity index is 2.29. The van der Waals surface area contributed by atoms with Crippen LogP contribution < -0.4 is 11.2 Å². The molecule has 2 aromatic carbocycles. The van der Waals surface area contributed by atoms with Crippen molar-refractivity contribution in [3.63, 3.8) is 0 Å². The third-order valence-electron chi connectivity index (χ3n) is 3.28. The van der Waals surface area contributed by atoms with Crippen LogP contribution in [0.15, 0.2) is 47.6 Å². The van der Waals surface area contributed by atoms with Crippen molar-refractivity contribution in [2.24, 2.45) is 10.8 Å². The molecule has 0 bridgehead atoms. The Morgan fingerprint density at radius 1 is 1.10 bits per heavy atom. The number of fused-ring (bicyclic) bond motifs is 3. The Kier molecular flexibility index (Phi) is 3.15. The number of rotatable bonds is 2. The van der Waals surface area contributed by atoms with Gasteiger partial charge in [-0.3, -0.25) is 5.43 Å². The molecule has 0 amide bonds. The molecular weight excluding hydrogens is 286 g/mol. The van der Waals surface area contributed by atoms with Crippen molar-refractivity contribution in [3.8, 4) is 11.1 Å². The summed E-state index contributed by atoms with van der Waals surface area (Å²) in [6, 6.07) is 12.6. The maximum absolute atomic E-state index is 11.4. The number of carboxylic acid groups (broad SMARTS) is 1. The third-order valence-corrected chi connectivity index (χ3v) is 3.37. The average molecular weight is 297 g/mol. The van der Waals surface area contributed by atoms with Gasteiger partial charge in [0.1, 0.15) is 0 Å². The van der Waals surface area contributed by atoms with Crippen LogP contribution in [-0.2, 0) is 0 Å². The highest BCUT2D eigenvalue weighted by molar-refractivity contribution is 7.80. The lowest BCUT2D eigenvalue weighted by molar-refractivity contribution is 0.0697. The summed E-state index contributed by atoms with van der Waals surface area (Å²) in [5.74, 6) is -0.967. The van der Waals surface area contributed by atoms with E-state index in [2.05, 4.69) is 10.5 Å². The van der Waals surface area contributed by atoms with Gasteiger partial charge in [-0.15, -0.1) is 0 Å². The Labute approximate surface area is 126 Å². The number of hydrogen-bond acceptors (Lipinski definition) is 3. The maximum atomic E-state index is 11.4. The van der Waals surface area contributed by atoms with Gasteiger partial charge in [0.05, 0.1) is 11.3 Å². The average Bonchev–Trinajstić information content (AvgIpc) is 2.79. The predicted molar refractivity (Wildman–Crippen MR) is 84.4 cm³/mol. The number of carbonyl (C=O) groups is 1. The van der Waals surface area contributed by atoms with E-state index >= 15 is 0 Å². The lowest BCUT2D eigenvalue weighted by Crippen LogP contribution is -2.25. The number of carboxylic acids is 1. The van der Waals surface area contributed by atoms with E-state index in [0.717, 1.165) is 16.7 Å². The van der Waals surface area contributed by atoms with Crippen LogP contribution in [0.4, 0.5) is 0 Å². The second-order valence-electron chi connectivity index (χ2n) is 4.52. The van der Waals surface area contributed by atoms with Gasteiger partial charge < -0.3 is 10.8 Å². The molecule has 0 unspecified atom stereocenters. The highest BCUT2D eigenvalue weighted by Gasteiger charge is 2.28. The fraction of sp³-hybridized carbons (Fsp3) is 0. The van der Waals surface area contributed by atoms with Crippen LogP contribution in [0.25, 0.3) is 11.1 Å². The zero-order valence-corrected chi connectivity index (χ0v) is 11.6. The standard InChI is InChI=1S/C15H11N3O2S/c16-15(21)18-17-13-9-5-2-1-4-8(9)12-10(13)6-3-7-11(12)14(19)20/h1-7H,(H,19,20)(H3,16,18,21)/b17-13-. The van der Waals surface area contributed by atoms with Gasteiger partial charge in [-0.25, -0.2) is 4.79 Å². The Morgan fingerprint density at radius 2 is 1.76 bits per heavy atom. The molecule has 0 fully saturated rings. The SMILES string of the molecule is NC(=S)N/N=C1/c2ccccc2-c2c(C(=O)O)cccc21. The number of thiocarbonyl (C=S) groups is 1. The van der Waals surface area contributed by atoms with E-state index in [9.17, 15) is 9.90 Å². The number of nitrogens with zero attached hydrogens (tertiary/aromatic N) is 1. The first-order valence-corrected chi connectivity index (χ1v) is 6.60. The normalized spacial score (nSPS) is 13.6. The van der Waals surface area contributed by atoms with Crippen LogP contribution in [0.5, 0.6) is 0 Å². The van der Waals surface area contributed by atoms with E-state index in [1.165, 1.54) is 0 Å². The maximum Gasteiger partial charge on any atom is 0.336 e. The first-order chi connectivity index (χ1) is 10.1. The van der Waals surface area contributed by atoms with Crippen molar-refractivity contribution >= 4 is 29.0 Å². The van der Waals surface area contributed by atoms with Crippen molar-refractivity contribution in [1.82, 2.24) is 5.43 Å². The van der Waals surface area contributed by atoms with Gasteiger partial charge in [0.15, 0.2) is 5.11 Å². The molecule has 104 valence electrons. The Morgan fingerprint density at radius 3 is 2.43 bits per heavy atom. The molecule has 0 heterocycles. The van der Waals surface area contributed by atoms with Gasteiger partial charge in [-0.1, -0.05) is 36.4 Å². The highest BCUT2D eigenvalue weighted by atomic mass is 32.1. The lowest BCUT2D eigenvalue weighted by Gasteiger charge is -2.04. The molecule has 0 aromatic heterocycles. The predicted octanol–water partition coefficient (Wildman–Crippen LogP) is 1.95. The van der Waals surface area contributed by atoms with Gasteiger partial charge >= 0.3 is 5.97 Å². The molecule has 3 rings (SSSR count). The van der Waals surface area contributed by atoms with Crippen LogP contribution in [0, 0.1) is 0 Å². The van der Waals surface area contributed by atoms with Gasteiger partial charge in [0, 0.05) is 16.7 Å². The summed E-state index contributed by atoms with van der Waals surface area (Å²) in [5.41, 5.74) is 12.0. The molecule has 0 spiro atoms. The van der Waals surface area contributed by atoms with Gasteiger partial charge in [-0.2, -0.15) is 5.10 Å². The fourth-order valence-electron chi connectivity index (χ4n) is 2.50. The lowest BCUT2D eigenvalue weighted by atomic mass is 10.00. The molecule has 6 heteroatoms. The topological polar surface area (TPSA) is 87.7 Å². The number of benzene rings is 2. The zero-order valence-electron chi connectivity index (χ0n) is 10.8. The smallest absolute Gasteiger partial charge is 0.336 e. The highest BCUT2D eigenvalue weighted by Crippen LogP contribution is 2.39. The Bertz CT molecular complexity index is 799. The number of aromatic carboxylic acids is 1.